The van der Waals surface area contributed by atoms with E-state index in [4.69, 9.17) is 14.7 Å². The second kappa shape index (κ2) is 10.3. The van der Waals surface area contributed by atoms with Gasteiger partial charge in [0.15, 0.2) is 12.4 Å². The minimum atomic E-state index is -4.20. The summed E-state index contributed by atoms with van der Waals surface area (Å²) in [6, 6.07) is 3.48. The van der Waals surface area contributed by atoms with E-state index >= 15 is 0 Å². The number of carbonyl (C=O) groups is 1. The number of pyridine rings is 1. The van der Waals surface area contributed by atoms with Crippen LogP contribution in [0.25, 0.3) is 0 Å². The number of hydrogen-bond donors (Lipinski definition) is 1. The normalized spacial score (nSPS) is 22.9. The third kappa shape index (κ3) is 9.11. The molecule has 0 aromatic carbocycles. The van der Waals surface area contributed by atoms with Crippen LogP contribution in [-0.4, -0.2) is 37.5 Å². The number of rotatable bonds is 9. The van der Waals surface area contributed by atoms with Crippen LogP contribution < -0.4 is 9.88 Å². The largest absolute Gasteiger partial charge is 0.748 e. The number of nitrogens with one attached hydrogen (secondary N) is 1. The zero-order chi connectivity index (χ0) is 23.1. The van der Waals surface area contributed by atoms with E-state index in [1.807, 2.05) is 0 Å². The lowest BCUT2D eigenvalue weighted by Gasteiger charge is -2.45. The molecule has 31 heavy (non-hydrogen) atoms. The van der Waals surface area contributed by atoms with Gasteiger partial charge in [-0.3, -0.25) is 0 Å². The summed E-state index contributed by atoms with van der Waals surface area (Å²) in [5.41, 5.74) is 0.593. The third-order valence-electron chi connectivity index (χ3n) is 5.39. The van der Waals surface area contributed by atoms with Gasteiger partial charge in [-0.2, -0.15) is 5.26 Å². The Morgan fingerprint density at radius 2 is 2.00 bits per heavy atom. The molecule has 0 saturated heterocycles. The Balaban J connectivity index is 1.82. The molecule has 1 heterocycles. The standard InChI is InChI=1S/C21H31N3O6S/c1-20(2)11-18(12-21(3,14-20)15-29-16-22)23-19(25)30-13-17-5-8-24(9-6-17)7-4-10-31(26,27)28/h5-6,8-9,18H,4,7,10-15H2,1-3H3,(H-,23,25,26,27,28). The van der Waals surface area contributed by atoms with Crippen LogP contribution in [0, 0.1) is 22.3 Å². The van der Waals surface area contributed by atoms with Gasteiger partial charge in [-0.25, -0.2) is 17.8 Å². The summed E-state index contributed by atoms with van der Waals surface area (Å²) in [6.45, 7) is 7.19. The molecule has 0 bridgehead atoms. The van der Waals surface area contributed by atoms with Crippen LogP contribution >= 0.6 is 0 Å². The van der Waals surface area contributed by atoms with Gasteiger partial charge < -0.3 is 19.3 Å². The second-order valence-electron chi connectivity index (χ2n) is 9.42. The van der Waals surface area contributed by atoms with Crippen LogP contribution in [0.1, 0.15) is 52.0 Å². The van der Waals surface area contributed by atoms with E-state index in [9.17, 15) is 17.8 Å². The molecular formula is C21H31N3O6S. The van der Waals surface area contributed by atoms with Crippen LogP contribution in [0.2, 0.25) is 0 Å². The van der Waals surface area contributed by atoms with Crippen molar-refractivity contribution in [1.82, 2.24) is 5.32 Å². The smallest absolute Gasteiger partial charge is 0.407 e. The summed E-state index contributed by atoms with van der Waals surface area (Å²) < 4.78 is 44.1. The molecule has 0 spiro atoms. The van der Waals surface area contributed by atoms with Crippen LogP contribution in [0.3, 0.4) is 0 Å². The van der Waals surface area contributed by atoms with Crippen LogP contribution in [0.15, 0.2) is 24.5 Å². The highest BCUT2D eigenvalue weighted by atomic mass is 32.2. The van der Waals surface area contributed by atoms with Crippen molar-refractivity contribution in [1.29, 1.82) is 5.26 Å². The molecule has 1 aliphatic rings. The lowest BCUT2D eigenvalue weighted by molar-refractivity contribution is -0.696. The fourth-order valence-corrected chi connectivity index (χ4v) is 5.05. The first-order chi connectivity index (χ1) is 14.4. The molecule has 0 aliphatic heterocycles. The van der Waals surface area contributed by atoms with E-state index in [0.29, 0.717) is 19.6 Å². The summed E-state index contributed by atoms with van der Waals surface area (Å²) >= 11 is 0. The average Bonchev–Trinajstić information content (AvgIpc) is 2.63. The Morgan fingerprint density at radius 3 is 2.61 bits per heavy atom. The van der Waals surface area contributed by atoms with Gasteiger partial charge in [-0.1, -0.05) is 20.8 Å². The molecule has 1 aromatic rings. The maximum Gasteiger partial charge on any atom is 0.407 e. The number of ether oxygens (including phenoxy) is 2. The number of nitriles is 1. The predicted octanol–water partition coefficient (Wildman–Crippen LogP) is 2.22. The van der Waals surface area contributed by atoms with Gasteiger partial charge in [-0.15, -0.1) is 0 Å². The van der Waals surface area contributed by atoms with E-state index < -0.39 is 22.0 Å². The molecule has 1 amide bonds. The highest BCUT2D eigenvalue weighted by Gasteiger charge is 2.42. The molecule has 9 nitrogen and oxygen atoms in total. The molecule has 2 unspecified atom stereocenters. The van der Waals surface area contributed by atoms with Crippen molar-refractivity contribution in [2.75, 3.05) is 12.4 Å². The first-order valence-electron chi connectivity index (χ1n) is 10.3. The van der Waals surface area contributed by atoms with E-state index in [0.717, 1.165) is 18.4 Å². The summed E-state index contributed by atoms with van der Waals surface area (Å²) in [4.78, 5) is 12.3. The van der Waals surface area contributed by atoms with Gasteiger partial charge in [-0.05, 0) is 24.7 Å². The molecule has 2 atom stereocenters. The van der Waals surface area contributed by atoms with Gasteiger partial charge in [0.05, 0.1) is 10.1 Å². The SMILES string of the molecule is CC1(C)CC(NC(=O)OCc2cc[n+](CCCS(=O)(=O)[O-])cc2)CC(C)(COC#N)C1. The van der Waals surface area contributed by atoms with Crippen molar-refractivity contribution in [2.24, 2.45) is 10.8 Å². The number of alkyl carbamates (subject to hydrolysis) is 1. The second-order valence-corrected chi connectivity index (χ2v) is 10.9. The first-order valence-corrected chi connectivity index (χ1v) is 11.8. The Bertz CT molecular complexity index is 895. The number of aryl methyl sites for hydroxylation is 1. The van der Waals surface area contributed by atoms with E-state index in [-0.39, 0.29) is 29.9 Å². The first kappa shape index (κ1) is 24.9. The highest BCUT2D eigenvalue weighted by molar-refractivity contribution is 7.85. The third-order valence-corrected chi connectivity index (χ3v) is 6.18. The van der Waals surface area contributed by atoms with Gasteiger partial charge >= 0.3 is 6.09 Å². The van der Waals surface area contributed by atoms with Crippen molar-refractivity contribution >= 4 is 16.2 Å². The highest BCUT2D eigenvalue weighted by Crippen LogP contribution is 2.46. The molecule has 172 valence electrons. The van der Waals surface area contributed by atoms with Crippen LogP contribution in [-0.2, 0) is 32.7 Å². The molecule has 1 fully saturated rings. The van der Waals surface area contributed by atoms with E-state index in [1.54, 1.807) is 35.3 Å². The number of aromatic nitrogens is 1. The lowest BCUT2D eigenvalue weighted by Crippen LogP contribution is -2.48. The minimum Gasteiger partial charge on any atom is -0.748 e. The van der Waals surface area contributed by atoms with E-state index in [1.165, 1.54) is 0 Å². The quantitative estimate of drug-likeness (QED) is 0.344. The summed E-state index contributed by atoms with van der Waals surface area (Å²) in [5.74, 6) is -0.398. The topological polar surface area (TPSA) is 132 Å². The number of carbonyl (C=O) groups excluding carboxylic acids is 1. The molecule has 1 N–H and O–H groups in total. The molecular weight excluding hydrogens is 422 g/mol. The zero-order valence-corrected chi connectivity index (χ0v) is 19.1. The maximum atomic E-state index is 12.3. The summed E-state index contributed by atoms with van der Waals surface area (Å²) in [7, 11) is -4.20. The fourth-order valence-electron chi connectivity index (χ4n) is 4.57. The van der Waals surface area contributed by atoms with Gasteiger partial charge in [0.2, 0.25) is 0 Å². The van der Waals surface area contributed by atoms with Gasteiger partial charge in [0.1, 0.15) is 19.8 Å². The predicted molar refractivity (Wildman–Crippen MR) is 110 cm³/mol. The lowest BCUT2D eigenvalue weighted by atomic mass is 9.63. The monoisotopic (exact) mass is 453 g/mol. The van der Waals surface area contributed by atoms with Gasteiger partial charge in [0, 0.05) is 41.3 Å². The molecule has 2 rings (SSSR count). The minimum absolute atomic E-state index is 0.00222. The Hall–Kier alpha value is -2.38. The number of amides is 1. The van der Waals surface area contributed by atoms with Crippen molar-refractivity contribution in [3.05, 3.63) is 30.1 Å². The molecule has 10 heteroatoms. The van der Waals surface area contributed by atoms with Crippen molar-refractivity contribution in [2.45, 2.75) is 65.6 Å². The Morgan fingerprint density at radius 1 is 1.32 bits per heavy atom. The van der Waals surface area contributed by atoms with Crippen molar-refractivity contribution < 1.29 is 31.8 Å². The maximum absolute atomic E-state index is 12.3. The summed E-state index contributed by atoms with van der Waals surface area (Å²) in [6.07, 6.45) is 7.39. The molecule has 0 radical (unpaired) electrons. The Labute approximate surface area is 184 Å². The number of nitrogens with zero attached hydrogens (tertiary/aromatic N) is 2. The molecule has 1 aromatic heterocycles. The van der Waals surface area contributed by atoms with Crippen molar-refractivity contribution in [3.8, 4) is 6.26 Å². The van der Waals surface area contributed by atoms with Crippen LogP contribution in [0.4, 0.5) is 4.79 Å². The Kier molecular flexibility index (Phi) is 8.26. The molecule has 1 aliphatic carbocycles. The van der Waals surface area contributed by atoms with Gasteiger partial charge in [0.25, 0.3) is 6.26 Å². The van der Waals surface area contributed by atoms with Crippen LogP contribution in [0.5, 0.6) is 0 Å². The number of hydrogen-bond acceptors (Lipinski definition) is 7. The zero-order valence-electron chi connectivity index (χ0n) is 18.3. The van der Waals surface area contributed by atoms with Crippen molar-refractivity contribution in [3.63, 3.8) is 0 Å². The van der Waals surface area contributed by atoms with E-state index in [2.05, 4.69) is 26.1 Å². The molecule has 1 saturated carbocycles. The fraction of sp³-hybridized carbons (Fsp3) is 0.667. The average molecular weight is 454 g/mol. The summed E-state index contributed by atoms with van der Waals surface area (Å²) in [5, 5.41) is 11.7.